The Bertz CT molecular complexity index is 532. The lowest BCUT2D eigenvalue weighted by molar-refractivity contribution is 0.290. The first-order valence-electron chi connectivity index (χ1n) is 7.74. The van der Waals surface area contributed by atoms with Crippen LogP contribution in [0.3, 0.4) is 0 Å². The van der Waals surface area contributed by atoms with E-state index in [0.717, 1.165) is 36.6 Å². The van der Waals surface area contributed by atoms with Gasteiger partial charge in [-0.15, -0.1) is 11.3 Å². The summed E-state index contributed by atoms with van der Waals surface area (Å²) in [6, 6.07) is 3.64. The maximum absolute atomic E-state index is 12.3. The van der Waals surface area contributed by atoms with E-state index in [9.17, 15) is 8.42 Å². The summed E-state index contributed by atoms with van der Waals surface area (Å²) in [4.78, 5) is 1.11. The first-order chi connectivity index (χ1) is 10.0. The molecule has 2 N–H and O–H groups in total. The number of rotatable bonds is 7. The molecule has 1 saturated carbocycles. The molecular weight excluding hydrogens is 304 g/mol. The summed E-state index contributed by atoms with van der Waals surface area (Å²) < 4.78 is 27.9. The van der Waals surface area contributed by atoms with Crippen LogP contribution in [-0.2, 0) is 16.4 Å². The number of hydrogen-bond acceptors (Lipinski definition) is 4. The zero-order valence-electron chi connectivity index (χ0n) is 12.9. The Balaban J connectivity index is 1.87. The monoisotopic (exact) mass is 330 g/mol. The second kappa shape index (κ2) is 7.72. The third-order valence-electron chi connectivity index (χ3n) is 4.22. The minimum Gasteiger partial charge on any atom is -0.319 e. The van der Waals surface area contributed by atoms with E-state index in [2.05, 4.69) is 17.0 Å². The van der Waals surface area contributed by atoms with E-state index in [0.29, 0.717) is 16.7 Å². The molecule has 21 heavy (non-hydrogen) atoms. The highest BCUT2D eigenvalue weighted by atomic mass is 32.2. The van der Waals surface area contributed by atoms with Gasteiger partial charge in [0.2, 0.25) is 10.0 Å². The van der Waals surface area contributed by atoms with Gasteiger partial charge in [-0.3, -0.25) is 0 Å². The van der Waals surface area contributed by atoms with Gasteiger partial charge in [0.05, 0.1) is 0 Å². The van der Waals surface area contributed by atoms with Crippen LogP contribution in [0.5, 0.6) is 0 Å². The van der Waals surface area contributed by atoms with Gasteiger partial charge in [0.1, 0.15) is 4.21 Å². The molecule has 0 aromatic carbocycles. The SMILES string of the molecule is CNCCc1ccc(S(=O)(=O)NCC2CCC(C)CC2)s1. The smallest absolute Gasteiger partial charge is 0.250 e. The molecule has 0 bridgehead atoms. The average molecular weight is 331 g/mol. The standard InChI is InChI=1S/C15H26N2O2S2/c1-12-3-5-13(6-4-12)11-17-21(18,19)15-8-7-14(20-15)9-10-16-2/h7-8,12-13,16-17H,3-6,9-11H2,1-2H3. The predicted octanol–water partition coefficient (Wildman–Crippen LogP) is 2.61. The van der Waals surface area contributed by atoms with E-state index in [1.165, 1.54) is 24.2 Å². The van der Waals surface area contributed by atoms with Crippen molar-refractivity contribution in [3.8, 4) is 0 Å². The second-order valence-corrected chi connectivity index (χ2v) is 9.21. The Kier molecular flexibility index (Phi) is 6.22. The van der Waals surface area contributed by atoms with E-state index < -0.39 is 10.0 Å². The molecule has 1 aromatic rings. The molecule has 1 aliphatic rings. The summed E-state index contributed by atoms with van der Waals surface area (Å²) in [6.07, 6.45) is 5.60. The zero-order valence-corrected chi connectivity index (χ0v) is 14.5. The highest BCUT2D eigenvalue weighted by molar-refractivity contribution is 7.91. The van der Waals surface area contributed by atoms with Crippen LogP contribution >= 0.6 is 11.3 Å². The Morgan fingerprint density at radius 3 is 2.62 bits per heavy atom. The largest absolute Gasteiger partial charge is 0.319 e. The van der Waals surface area contributed by atoms with Crippen LogP contribution in [0.2, 0.25) is 0 Å². The van der Waals surface area contributed by atoms with Crippen LogP contribution in [0.15, 0.2) is 16.3 Å². The minimum atomic E-state index is -3.33. The fourth-order valence-electron chi connectivity index (χ4n) is 2.72. The van der Waals surface area contributed by atoms with Crippen LogP contribution in [0, 0.1) is 11.8 Å². The lowest BCUT2D eigenvalue weighted by Gasteiger charge is -2.26. The van der Waals surface area contributed by atoms with E-state index in [4.69, 9.17) is 0 Å². The maximum Gasteiger partial charge on any atom is 0.250 e. The molecule has 0 radical (unpaired) electrons. The molecule has 6 heteroatoms. The van der Waals surface area contributed by atoms with Gasteiger partial charge >= 0.3 is 0 Å². The summed E-state index contributed by atoms with van der Waals surface area (Å²) in [5.74, 6) is 1.30. The Morgan fingerprint density at radius 1 is 1.24 bits per heavy atom. The Labute approximate surface area is 132 Å². The van der Waals surface area contributed by atoms with Gasteiger partial charge in [0.25, 0.3) is 0 Å². The molecule has 0 spiro atoms. The number of sulfonamides is 1. The summed E-state index contributed by atoms with van der Waals surface area (Å²) in [5.41, 5.74) is 0. The van der Waals surface area contributed by atoms with Crippen molar-refractivity contribution >= 4 is 21.4 Å². The summed E-state index contributed by atoms with van der Waals surface area (Å²) in [7, 11) is -1.43. The molecule has 1 aromatic heterocycles. The lowest BCUT2D eigenvalue weighted by atomic mass is 9.83. The van der Waals surface area contributed by atoms with Crippen molar-refractivity contribution < 1.29 is 8.42 Å². The number of nitrogens with one attached hydrogen (secondary N) is 2. The van der Waals surface area contributed by atoms with Crippen molar-refractivity contribution in [2.75, 3.05) is 20.1 Å². The fourth-order valence-corrected chi connectivity index (χ4v) is 5.23. The topological polar surface area (TPSA) is 58.2 Å². The fraction of sp³-hybridized carbons (Fsp3) is 0.733. The van der Waals surface area contributed by atoms with Gasteiger partial charge in [-0.25, -0.2) is 13.1 Å². The van der Waals surface area contributed by atoms with Crippen molar-refractivity contribution in [3.05, 3.63) is 17.0 Å². The summed E-state index contributed by atoms with van der Waals surface area (Å²) >= 11 is 1.38. The first kappa shape index (κ1) is 16.9. The van der Waals surface area contributed by atoms with Gasteiger partial charge in [0, 0.05) is 11.4 Å². The van der Waals surface area contributed by atoms with Crippen molar-refractivity contribution in [2.24, 2.45) is 11.8 Å². The molecule has 2 rings (SSSR count). The van der Waals surface area contributed by atoms with E-state index in [-0.39, 0.29) is 0 Å². The second-order valence-electron chi connectivity index (χ2n) is 6.05. The van der Waals surface area contributed by atoms with Crippen molar-refractivity contribution in [1.29, 1.82) is 0 Å². The zero-order chi connectivity index (χ0) is 15.3. The molecule has 0 atom stereocenters. The molecule has 0 amide bonds. The normalized spacial score (nSPS) is 23.3. The van der Waals surface area contributed by atoms with Crippen molar-refractivity contribution in [2.45, 2.75) is 43.2 Å². The Morgan fingerprint density at radius 2 is 1.95 bits per heavy atom. The van der Waals surface area contributed by atoms with Gasteiger partial charge < -0.3 is 5.32 Å². The van der Waals surface area contributed by atoms with Gasteiger partial charge in [0.15, 0.2) is 0 Å². The van der Waals surface area contributed by atoms with Crippen molar-refractivity contribution in [3.63, 3.8) is 0 Å². The van der Waals surface area contributed by atoms with E-state index in [1.54, 1.807) is 6.07 Å². The van der Waals surface area contributed by atoms with E-state index in [1.807, 2.05) is 13.1 Å². The predicted molar refractivity (Wildman–Crippen MR) is 88.3 cm³/mol. The van der Waals surface area contributed by atoms with Crippen molar-refractivity contribution in [1.82, 2.24) is 10.0 Å². The lowest BCUT2D eigenvalue weighted by Crippen LogP contribution is -2.30. The van der Waals surface area contributed by atoms with Crippen LogP contribution in [0.1, 0.15) is 37.5 Å². The van der Waals surface area contributed by atoms with Gasteiger partial charge in [-0.2, -0.15) is 0 Å². The summed E-state index contributed by atoms with van der Waals surface area (Å²) in [5, 5.41) is 3.08. The number of hydrogen-bond donors (Lipinski definition) is 2. The highest BCUT2D eigenvalue weighted by Gasteiger charge is 2.22. The van der Waals surface area contributed by atoms with Crippen LogP contribution in [-0.4, -0.2) is 28.6 Å². The molecule has 1 heterocycles. The Hall–Kier alpha value is -0.430. The third kappa shape index (κ3) is 5.06. The molecule has 0 aliphatic heterocycles. The quantitative estimate of drug-likeness (QED) is 0.808. The first-order valence-corrected chi connectivity index (χ1v) is 10.0. The van der Waals surface area contributed by atoms with Crippen LogP contribution < -0.4 is 10.0 Å². The third-order valence-corrected chi connectivity index (χ3v) is 7.28. The molecular formula is C15H26N2O2S2. The summed E-state index contributed by atoms with van der Waals surface area (Å²) in [6.45, 7) is 3.73. The average Bonchev–Trinajstić information content (AvgIpc) is 2.94. The van der Waals surface area contributed by atoms with Gasteiger partial charge in [-0.1, -0.05) is 19.8 Å². The van der Waals surface area contributed by atoms with Crippen LogP contribution in [0.4, 0.5) is 0 Å². The maximum atomic E-state index is 12.3. The molecule has 0 unspecified atom stereocenters. The number of thiophene rings is 1. The number of likely N-dealkylation sites (N-methyl/N-ethyl adjacent to an activating group) is 1. The van der Waals surface area contributed by atoms with Gasteiger partial charge in [-0.05, 0) is 56.8 Å². The minimum absolute atomic E-state index is 0.442. The molecule has 120 valence electrons. The van der Waals surface area contributed by atoms with E-state index >= 15 is 0 Å². The molecule has 4 nitrogen and oxygen atoms in total. The van der Waals surface area contributed by atoms with Crippen LogP contribution in [0.25, 0.3) is 0 Å². The molecule has 0 saturated heterocycles. The molecule has 1 fully saturated rings. The highest BCUT2D eigenvalue weighted by Crippen LogP contribution is 2.28. The molecule has 1 aliphatic carbocycles.